The maximum absolute atomic E-state index is 12.5. The van der Waals surface area contributed by atoms with Crippen molar-refractivity contribution >= 4 is 5.91 Å². The summed E-state index contributed by atoms with van der Waals surface area (Å²) in [4.78, 5) is 12.5. The summed E-state index contributed by atoms with van der Waals surface area (Å²) in [5.74, 6) is 0.0257. The number of hydrogen-bond acceptors (Lipinski definition) is 4. The Morgan fingerprint density at radius 3 is 2.33 bits per heavy atom. The third-order valence-electron chi connectivity index (χ3n) is 4.84. The number of carbonyl (C=O) groups is 1. The van der Waals surface area contributed by atoms with Crippen molar-refractivity contribution in [1.29, 1.82) is 0 Å². The second kappa shape index (κ2) is 13.2. The fourth-order valence-electron chi connectivity index (χ4n) is 3.22. The van der Waals surface area contributed by atoms with Crippen molar-refractivity contribution in [2.75, 3.05) is 19.8 Å². The van der Waals surface area contributed by atoms with E-state index in [9.17, 15) is 4.79 Å². The van der Waals surface area contributed by atoms with Gasteiger partial charge in [-0.15, -0.1) is 0 Å². The van der Waals surface area contributed by atoms with Crippen molar-refractivity contribution in [2.45, 2.75) is 58.3 Å². The van der Waals surface area contributed by atoms with Crippen LogP contribution in [0.4, 0.5) is 0 Å². The minimum Gasteiger partial charge on any atom is -0.394 e. The molecule has 2 N–H and O–H groups in total. The third-order valence-corrected chi connectivity index (χ3v) is 4.84. The molecule has 2 aromatic rings. The van der Waals surface area contributed by atoms with E-state index in [1.807, 2.05) is 44.2 Å². The van der Waals surface area contributed by atoms with E-state index in [0.717, 1.165) is 11.1 Å². The Hall–Kier alpha value is -2.21. The summed E-state index contributed by atoms with van der Waals surface area (Å²) in [6.45, 7) is 6.60. The number of nitrogens with one attached hydrogen (secondary N) is 1. The monoisotopic (exact) mass is 413 g/mol. The molecule has 1 amide bonds. The van der Waals surface area contributed by atoms with Crippen molar-refractivity contribution in [2.24, 2.45) is 0 Å². The van der Waals surface area contributed by atoms with Crippen LogP contribution in [-0.4, -0.2) is 49.1 Å². The summed E-state index contributed by atoms with van der Waals surface area (Å²) in [7, 11) is 0. The number of benzene rings is 2. The zero-order chi connectivity index (χ0) is 21.8. The first-order valence-electron chi connectivity index (χ1n) is 10.7. The van der Waals surface area contributed by atoms with Crippen LogP contribution in [0, 0.1) is 6.92 Å². The fraction of sp³-hybridized carbons (Fsp3) is 0.480. The van der Waals surface area contributed by atoms with Crippen LogP contribution >= 0.6 is 0 Å². The van der Waals surface area contributed by atoms with Crippen LogP contribution in [0.3, 0.4) is 0 Å². The Morgan fingerprint density at radius 2 is 1.67 bits per heavy atom. The lowest BCUT2D eigenvalue weighted by Crippen LogP contribution is -2.40. The van der Waals surface area contributed by atoms with E-state index in [2.05, 4.69) is 36.5 Å². The van der Waals surface area contributed by atoms with Crippen molar-refractivity contribution in [3.63, 3.8) is 0 Å². The number of aryl methyl sites for hydroxylation is 2. The number of rotatable bonds is 13. The van der Waals surface area contributed by atoms with E-state index in [0.29, 0.717) is 32.5 Å². The summed E-state index contributed by atoms with van der Waals surface area (Å²) >= 11 is 0. The molecule has 3 atom stereocenters. The Balaban J connectivity index is 1.87. The zero-order valence-electron chi connectivity index (χ0n) is 18.3. The number of amides is 1. The molecule has 5 heteroatoms. The maximum atomic E-state index is 12.5. The Kier molecular flexibility index (Phi) is 10.6. The molecule has 0 aromatic heterocycles. The van der Waals surface area contributed by atoms with Crippen molar-refractivity contribution in [3.8, 4) is 0 Å². The minimum absolute atomic E-state index is 0.0160. The lowest BCUT2D eigenvalue weighted by atomic mass is 10.0. The Morgan fingerprint density at radius 1 is 0.967 bits per heavy atom. The van der Waals surface area contributed by atoms with Crippen molar-refractivity contribution in [1.82, 2.24) is 5.32 Å². The van der Waals surface area contributed by atoms with Gasteiger partial charge in [0.15, 0.2) is 0 Å². The largest absolute Gasteiger partial charge is 0.394 e. The standard InChI is InChI=1S/C25H35NO4/c1-19-9-11-23(12-10-19)15-24(18-29-17-21(3)30-20(2)16-27)26-25(28)14-13-22-7-5-4-6-8-22/h4-12,20-21,24,27H,13-18H2,1-3H3,(H,26,28). The van der Waals surface area contributed by atoms with Crippen LogP contribution in [0.1, 0.15) is 37.0 Å². The summed E-state index contributed by atoms with van der Waals surface area (Å²) in [6.07, 6.45) is 1.53. The molecule has 0 saturated heterocycles. The van der Waals surface area contributed by atoms with Crippen LogP contribution in [0.5, 0.6) is 0 Å². The van der Waals surface area contributed by atoms with E-state index in [4.69, 9.17) is 14.6 Å². The molecule has 30 heavy (non-hydrogen) atoms. The summed E-state index contributed by atoms with van der Waals surface area (Å²) in [6, 6.07) is 18.3. The predicted octanol–water partition coefficient (Wildman–Crippen LogP) is 3.46. The SMILES string of the molecule is Cc1ccc(CC(COCC(C)OC(C)CO)NC(=O)CCc2ccccc2)cc1. The van der Waals surface area contributed by atoms with Gasteiger partial charge in [-0.25, -0.2) is 0 Å². The molecule has 0 spiro atoms. The molecule has 5 nitrogen and oxygen atoms in total. The number of carbonyl (C=O) groups excluding carboxylic acids is 1. The van der Waals surface area contributed by atoms with Gasteiger partial charge in [-0.1, -0.05) is 60.2 Å². The average Bonchev–Trinajstić information content (AvgIpc) is 2.74. The van der Waals surface area contributed by atoms with Gasteiger partial charge in [0.25, 0.3) is 0 Å². The van der Waals surface area contributed by atoms with Gasteiger partial charge in [-0.05, 0) is 44.7 Å². The highest BCUT2D eigenvalue weighted by atomic mass is 16.5. The van der Waals surface area contributed by atoms with Gasteiger partial charge in [0.2, 0.25) is 5.91 Å². The van der Waals surface area contributed by atoms with Gasteiger partial charge < -0.3 is 19.9 Å². The first-order chi connectivity index (χ1) is 14.5. The molecular formula is C25H35NO4. The van der Waals surface area contributed by atoms with Crippen LogP contribution < -0.4 is 5.32 Å². The fourth-order valence-corrected chi connectivity index (χ4v) is 3.22. The highest BCUT2D eigenvalue weighted by molar-refractivity contribution is 5.76. The summed E-state index contributed by atoms with van der Waals surface area (Å²) < 4.78 is 11.5. The van der Waals surface area contributed by atoms with Gasteiger partial charge in [0, 0.05) is 6.42 Å². The smallest absolute Gasteiger partial charge is 0.220 e. The lowest BCUT2D eigenvalue weighted by Gasteiger charge is -2.22. The molecule has 3 unspecified atom stereocenters. The quantitative estimate of drug-likeness (QED) is 0.528. The van der Waals surface area contributed by atoms with E-state index in [-0.39, 0.29) is 30.8 Å². The minimum atomic E-state index is -0.218. The number of aliphatic hydroxyl groups is 1. The van der Waals surface area contributed by atoms with Gasteiger partial charge >= 0.3 is 0 Å². The zero-order valence-corrected chi connectivity index (χ0v) is 18.3. The first-order valence-corrected chi connectivity index (χ1v) is 10.7. The molecule has 164 valence electrons. The van der Waals surface area contributed by atoms with E-state index >= 15 is 0 Å². The van der Waals surface area contributed by atoms with Crippen LogP contribution in [0.25, 0.3) is 0 Å². The van der Waals surface area contributed by atoms with Crippen LogP contribution in [0.15, 0.2) is 54.6 Å². The second-order valence-electron chi connectivity index (χ2n) is 7.92. The number of ether oxygens (including phenoxy) is 2. The molecule has 0 heterocycles. The highest BCUT2D eigenvalue weighted by Gasteiger charge is 2.15. The molecule has 0 radical (unpaired) electrons. The average molecular weight is 414 g/mol. The summed E-state index contributed by atoms with van der Waals surface area (Å²) in [5, 5.41) is 12.2. The van der Waals surface area contributed by atoms with Crippen molar-refractivity contribution < 1.29 is 19.4 Å². The highest BCUT2D eigenvalue weighted by Crippen LogP contribution is 2.09. The van der Waals surface area contributed by atoms with Crippen LogP contribution in [-0.2, 0) is 27.1 Å². The topological polar surface area (TPSA) is 67.8 Å². The molecule has 0 aliphatic rings. The molecular weight excluding hydrogens is 378 g/mol. The molecule has 0 aliphatic carbocycles. The van der Waals surface area contributed by atoms with Gasteiger partial charge in [0.05, 0.1) is 38.1 Å². The maximum Gasteiger partial charge on any atom is 0.220 e. The first kappa shape index (κ1) is 24.1. The van der Waals surface area contributed by atoms with Gasteiger partial charge in [-0.3, -0.25) is 4.79 Å². The third kappa shape index (κ3) is 9.53. The number of hydrogen-bond donors (Lipinski definition) is 2. The van der Waals surface area contributed by atoms with Crippen LogP contribution in [0.2, 0.25) is 0 Å². The second-order valence-corrected chi connectivity index (χ2v) is 7.92. The van der Waals surface area contributed by atoms with E-state index < -0.39 is 0 Å². The molecule has 0 saturated carbocycles. The van der Waals surface area contributed by atoms with Gasteiger partial charge in [-0.2, -0.15) is 0 Å². The Labute approximate surface area is 180 Å². The van der Waals surface area contributed by atoms with Crippen molar-refractivity contribution in [3.05, 3.63) is 71.3 Å². The van der Waals surface area contributed by atoms with E-state index in [1.54, 1.807) is 0 Å². The Bertz CT molecular complexity index is 733. The molecule has 0 aliphatic heterocycles. The number of aliphatic hydroxyl groups excluding tert-OH is 1. The molecule has 2 aromatic carbocycles. The van der Waals surface area contributed by atoms with Gasteiger partial charge in [0.1, 0.15) is 0 Å². The normalized spacial score (nSPS) is 14.1. The molecule has 0 bridgehead atoms. The predicted molar refractivity (Wildman–Crippen MR) is 119 cm³/mol. The van der Waals surface area contributed by atoms with E-state index in [1.165, 1.54) is 5.56 Å². The molecule has 2 rings (SSSR count). The lowest BCUT2D eigenvalue weighted by molar-refractivity contribution is -0.122. The molecule has 0 fully saturated rings. The summed E-state index contributed by atoms with van der Waals surface area (Å²) in [5.41, 5.74) is 3.53.